The Hall–Kier alpha value is -2.93. The second-order valence-corrected chi connectivity index (χ2v) is 9.44. The largest absolute Gasteiger partial charge is 0.367 e. The lowest BCUT2D eigenvalue weighted by molar-refractivity contribution is 0.422. The van der Waals surface area contributed by atoms with Crippen LogP contribution in [0.4, 0.5) is 5.69 Å². The van der Waals surface area contributed by atoms with E-state index in [1.807, 2.05) is 42.3 Å². The van der Waals surface area contributed by atoms with Crippen LogP contribution in [-0.4, -0.2) is 53.5 Å². The fourth-order valence-electron chi connectivity index (χ4n) is 3.86. The van der Waals surface area contributed by atoms with Crippen molar-refractivity contribution < 1.29 is 0 Å². The van der Waals surface area contributed by atoms with Gasteiger partial charge in [0.2, 0.25) is 5.96 Å². The number of rotatable bonds is 6. The highest BCUT2D eigenvalue weighted by atomic mass is 32.2. The Labute approximate surface area is 188 Å². The number of aliphatic imine (C=N–C) groups is 1. The molecule has 0 aliphatic carbocycles. The monoisotopic (exact) mass is 434 g/mol. The highest BCUT2D eigenvalue weighted by molar-refractivity contribution is 7.98. The van der Waals surface area contributed by atoms with Crippen molar-refractivity contribution in [1.29, 1.82) is 5.41 Å². The van der Waals surface area contributed by atoms with Gasteiger partial charge in [-0.1, -0.05) is 30.3 Å². The number of nitrogens with one attached hydrogen (secondary N) is 3. The van der Waals surface area contributed by atoms with Gasteiger partial charge in [-0.2, -0.15) is 0 Å². The van der Waals surface area contributed by atoms with E-state index in [2.05, 4.69) is 59.9 Å². The maximum atomic E-state index is 8.95. The normalized spacial score (nSPS) is 19.1. The molecule has 2 aliphatic heterocycles. The van der Waals surface area contributed by atoms with Crippen LogP contribution in [0.5, 0.6) is 0 Å². The van der Waals surface area contributed by atoms with Crippen LogP contribution >= 0.6 is 11.8 Å². The Morgan fingerprint density at radius 2 is 1.84 bits per heavy atom. The predicted octanol–water partition coefficient (Wildman–Crippen LogP) is 4.19. The van der Waals surface area contributed by atoms with Crippen LogP contribution in [0.25, 0.3) is 0 Å². The number of anilines is 1. The first-order valence-corrected chi connectivity index (χ1v) is 11.7. The number of nitrogens with zero attached hydrogens (tertiary/aromatic N) is 3. The highest BCUT2D eigenvalue weighted by Gasteiger charge is 2.40. The van der Waals surface area contributed by atoms with E-state index in [0.29, 0.717) is 25.5 Å². The van der Waals surface area contributed by atoms with Gasteiger partial charge in [0, 0.05) is 24.2 Å². The number of thioether (sulfide) groups is 1. The first-order chi connectivity index (χ1) is 14.9. The van der Waals surface area contributed by atoms with E-state index in [9.17, 15) is 0 Å². The minimum Gasteiger partial charge on any atom is -0.367 e. The number of para-hydroxylation sites is 1. The van der Waals surface area contributed by atoms with Crippen molar-refractivity contribution >= 4 is 29.2 Å². The summed E-state index contributed by atoms with van der Waals surface area (Å²) in [5, 5.41) is 16.0. The minimum atomic E-state index is -0.190. The summed E-state index contributed by atoms with van der Waals surface area (Å²) in [6, 6.07) is 18.7. The smallest absolute Gasteiger partial charge is 0.203 e. The Kier molecular flexibility index (Phi) is 5.96. The zero-order valence-corrected chi connectivity index (χ0v) is 19.4. The minimum absolute atomic E-state index is 0.190. The molecule has 0 atom stereocenters. The molecule has 6 nitrogen and oxygen atoms in total. The summed E-state index contributed by atoms with van der Waals surface area (Å²) >= 11 is 1.74. The maximum Gasteiger partial charge on any atom is 0.203 e. The summed E-state index contributed by atoms with van der Waals surface area (Å²) in [6.45, 7) is 6.24. The molecule has 0 saturated carbocycles. The second-order valence-electron chi connectivity index (χ2n) is 8.56. The van der Waals surface area contributed by atoms with E-state index in [1.54, 1.807) is 11.8 Å². The number of hydrogen-bond acceptors (Lipinski definition) is 6. The lowest BCUT2D eigenvalue weighted by atomic mass is 10.1. The fourth-order valence-corrected chi connectivity index (χ4v) is 4.27. The van der Waals surface area contributed by atoms with Crippen LogP contribution in [0.2, 0.25) is 0 Å². The summed E-state index contributed by atoms with van der Waals surface area (Å²) in [6.07, 6.45) is 2.09. The van der Waals surface area contributed by atoms with E-state index >= 15 is 0 Å². The second kappa shape index (κ2) is 8.67. The molecular weight excluding hydrogens is 404 g/mol. The Bertz CT molecular complexity index is 1010. The molecule has 1 fully saturated rings. The average Bonchev–Trinajstić information content (AvgIpc) is 3.11. The van der Waals surface area contributed by atoms with E-state index in [-0.39, 0.29) is 5.54 Å². The fraction of sp³-hybridized carbons (Fsp3) is 0.333. The molecule has 2 aromatic carbocycles. The van der Waals surface area contributed by atoms with Crippen LogP contribution in [0.1, 0.15) is 19.4 Å². The Morgan fingerprint density at radius 1 is 1.13 bits per heavy atom. The summed E-state index contributed by atoms with van der Waals surface area (Å²) in [5.74, 6) is 2.25. The van der Waals surface area contributed by atoms with Crippen molar-refractivity contribution in [2.75, 3.05) is 31.7 Å². The van der Waals surface area contributed by atoms with E-state index in [1.165, 1.54) is 10.5 Å². The van der Waals surface area contributed by atoms with Gasteiger partial charge in [-0.3, -0.25) is 10.3 Å². The van der Waals surface area contributed by atoms with Gasteiger partial charge >= 0.3 is 0 Å². The van der Waals surface area contributed by atoms with Gasteiger partial charge in [0.05, 0.1) is 24.2 Å². The molecule has 2 aromatic rings. The number of amidine groups is 1. The number of benzene rings is 2. The third-order valence-corrected chi connectivity index (χ3v) is 6.20. The Morgan fingerprint density at radius 3 is 2.52 bits per heavy atom. The standard InChI is InChI=1S/C24H30N6S/c1-24(2)16-30-21(25)20(15-29(3)23(30)28-24)22(27-18-8-6-5-7-9-18)26-14-17-10-12-19(31-4)13-11-17/h5-13,25-27H,14-16H2,1-4H3/b22-20+,25-21?. The van der Waals surface area contributed by atoms with Gasteiger partial charge in [0.25, 0.3) is 0 Å². The average molecular weight is 435 g/mol. The molecule has 0 spiro atoms. The van der Waals surface area contributed by atoms with Crippen molar-refractivity contribution in [3.05, 3.63) is 71.6 Å². The summed E-state index contributed by atoms with van der Waals surface area (Å²) in [7, 11) is 2.04. The molecule has 7 heteroatoms. The van der Waals surface area contributed by atoms with Gasteiger partial charge in [0.15, 0.2) is 0 Å². The summed E-state index contributed by atoms with van der Waals surface area (Å²) < 4.78 is 0. The summed E-state index contributed by atoms with van der Waals surface area (Å²) in [5.41, 5.74) is 2.94. The molecule has 2 heterocycles. The molecule has 0 radical (unpaired) electrons. The van der Waals surface area contributed by atoms with Crippen LogP contribution in [0.15, 0.2) is 75.9 Å². The number of hydrogen-bond donors (Lipinski definition) is 3. The molecule has 3 N–H and O–H groups in total. The lowest BCUT2D eigenvalue weighted by Gasteiger charge is -2.36. The molecule has 0 unspecified atom stereocenters. The lowest BCUT2D eigenvalue weighted by Crippen LogP contribution is -2.52. The zero-order chi connectivity index (χ0) is 22.0. The number of guanidine groups is 1. The number of likely N-dealkylation sites (N-methyl/N-ethyl adjacent to an activating group) is 1. The third-order valence-electron chi connectivity index (χ3n) is 5.45. The molecular formula is C24H30N6S. The SMILES string of the molecule is CSc1ccc(CN/C(Nc2ccccc2)=C2/CN(C)C3=NC(C)(C)CN3C2=N)cc1. The zero-order valence-electron chi connectivity index (χ0n) is 18.6. The van der Waals surface area contributed by atoms with Crippen molar-refractivity contribution in [3.8, 4) is 0 Å². The summed E-state index contributed by atoms with van der Waals surface area (Å²) in [4.78, 5) is 10.2. The van der Waals surface area contributed by atoms with Crippen molar-refractivity contribution in [2.24, 2.45) is 4.99 Å². The van der Waals surface area contributed by atoms with Crippen molar-refractivity contribution in [3.63, 3.8) is 0 Å². The topological polar surface area (TPSA) is 66.8 Å². The van der Waals surface area contributed by atoms with Gasteiger partial charge in [0.1, 0.15) is 11.7 Å². The van der Waals surface area contributed by atoms with Crippen LogP contribution in [0, 0.1) is 5.41 Å². The van der Waals surface area contributed by atoms with Crippen molar-refractivity contribution in [2.45, 2.75) is 30.8 Å². The van der Waals surface area contributed by atoms with Gasteiger partial charge in [-0.05, 0) is 49.9 Å². The molecule has 1 saturated heterocycles. The molecule has 0 aromatic heterocycles. The first-order valence-electron chi connectivity index (χ1n) is 10.5. The van der Waals surface area contributed by atoms with E-state index in [0.717, 1.165) is 23.0 Å². The Balaban J connectivity index is 1.63. The van der Waals surface area contributed by atoms with Crippen LogP contribution in [0.3, 0.4) is 0 Å². The first kappa shape index (κ1) is 21.3. The van der Waals surface area contributed by atoms with Crippen LogP contribution in [-0.2, 0) is 6.54 Å². The van der Waals surface area contributed by atoms with Crippen molar-refractivity contribution in [1.82, 2.24) is 15.1 Å². The molecule has 0 bridgehead atoms. The maximum absolute atomic E-state index is 8.95. The molecule has 4 rings (SSSR count). The van der Waals surface area contributed by atoms with E-state index < -0.39 is 0 Å². The van der Waals surface area contributed by atoms with E-state index in [4.69, 9.17) is 10.4 Å². The quantitative estimate of drug-likeness (QED) is 0.595. The van der Waals surface area contributed by atoms with Gasteiger partial charge in [-0.15, -0.1) is 11.8 Å². The van der Waals surface area contributed by atoms with Gasteiger partial charge in [-0.25, -0.2) is 4.99 Å². The predicted molar refractivity (Wildman–Crippen MR) is 131 cm³/mol. The van der Waals surface area contributed by atoms with Crippen LogP contribution < -0.4 is 10.6 Å². The molecule has 2 aliphatic rings. The molecule has 162 valence electrons. The van der Waals surface area contributed by atoms with Gasteiger partial charge < -0.3 is 15.5 Å². The third kappa shape index (κ3) is 4.71. The highest BCUT2D eigenvalue weighted by Crippen LogP contribution is 2.28. The number of fused-ring (bicyclic) bond motifs is 1. The molecule has 31 heavy (non-hydrogen) atoms. The molecule has 0 amide bonds.